The van der Waals surface area contributed by atoms with Gasteiger partial charge in [0.05, 0.1) is 6.54 Å². The van der Waals surface area contributed by atoms with Gasteiger partial charge in [-0.15, -0.1) is 0 Å². The van der Waals surface area contributed by atoms with Crippen molar-refractivity contribution in [3.05, 3.63) is 23.8 Å². The van der Waals surface area contributed by atoms with E-state index in [0.29, 0.717) is 6.54 Å². The van der Waals surface area contributed by atoms with Crippen molar-refractivity contribution >= 4 is 17.3 Å². The average Bonchev–Trinajstić information content (AvgIpc) is 2.71. The van der Waals surface area contributed by atoms with Crippen molar-refractivity contribution in [2.24, 2.45) is 0 Å². The SMILES string of the molecule is CCN1CCc2ccc(NC(=O)CNC)cc21. The molecule has 92 valence electrons. The molecule has 4 heteroatoms. The van der Waals surface area contributed by atoms with Crippen LogP contribution in [0.2, 0.25) is 0 Å². The number of carbonyl (C=O) groups excluding carboxylic acids is 1. The Morgan fingerprint density at radius 1 is 1.47 bits per heavy atom. The molecule has 17 heavy (non-hydrogen) atoms. The molecule has 4 nitrogen and oxygen atoms in total. The highest BCUT2D eigenvalue weighted by atomic mass is 16.1. The lowest BCUT2D eigenvalue weighted by Gasteiger charge is -2.17. The highest BCUT2D eigenvalue weighted by Gasteiger charge is 2.17. The minimum absolute atomic E-state index is 0.00602. The molecule has 1 heterocycles. The molecule has 1 aliphatic rings. The Morgan fingerprint density at radius 2 is 2.29 bits per heavy atom. The number of hydrogen-bond acceptors (Lipinski definition) is 3. The summed E-state index contributed by atoms with van der Waals surface area (Å²) >= 11 is 0. The monoisotopic (exact) mass is 233 g/mol. The highest BCUT2D eigenvalue weighted by molar-refractivity contribution is 5.93. The van der Waals surface area contributed by atoms with E-state index in [4.69, 9.17) is 0 Å². The highest BCUT2D eigenvalue weighted by Crippen LogP contribution is 2.30. The van der Waals surface area contributed by atoms with Crippen LogP contribution in [0.5, 0.6) is 0 Å². The number of amides is 1. The summed E-state index contributed by atoms with van der Waals surface area (Å²) in [5.74, 6) is -0.00602. The number of anilines is 2. The van der Waals surface area contributed by atoms with Crippen LogP contribution in [0.4, 0.5) is 11.4 Å². The van der Waals surface area contributed by atoms with Crippen molar-refractivity contribution in [2.45, 2.75) is 13.3 Å². The number of likely N-dealkylation sites (N-methyl/N-ethyl adjacent to an activating group) is 2. The number of carbonyl (C=O) groups is 1. The molecule has 1 aromatic carbocycles. The van der Waals surface area contributed by atoms with Gasteiger partial charge in [0.2, 0.25) is 5.91 Å². The molecule has 0 fully saturated rings. The number of fused-ring (bicyclic) bond motifs is 1. The topological polar surface area (TPSA) is 44.4 Å². The van der Waals surface area contributed by atoms with Gasteiger partial charge >= 0.3 is 0 Å². The summed E-state index contributed by atoms with van der Waals surface area (Å²) in [4.78, 5) is 13.8. The zero-order chi connectivity index (χ0) is 12.3. The Hall–Kier alpha value is -1.55. The van der Waals surface area contributed by atoms with Crippen LogP contribution >= 0.6 is 0 Å². The summed E-state index contributed by atoms with van der Waals surface area (Å²) in [6, 6.07) is 6.16. The molecule has 2 N–H and O–H groups in total. The summed E-state index contributed by atoms with van der Waals surface area (Å²) < 4.78 is 0. The van der Waals surface area contributed by atoms with Crippen LogP contribution in [0.3, 0.4) is 0 Å². The quantitative estimate of drug-likeness (QED) is 0.822. The maximum atomic E-state index is 11.5. The summed E-state index contributed by atoms with van der Waals surface area (Å²) in [5.41, 5.74) is 3.51. The van der Waals surface area contributed by atoms with Crippen molar-refractivity contribution in [1.29, 1.82) is 0 Å². The molecule has 1 amide bonds. The van der Waals surface area contributed by atoms with E-state index in [2.05, 4.69) is 34.6 Å². The largest absolute Gasteiger partial charge is 0.371 e. The maximum absolute atomic E-state index is 11.5. The first-order valence-electron chi connectivity index (χ1n) is 6.07. The fraction of sp³-hybridized carbons (Fsp3) is 0.462. The second-order valence-corrected chi connectivity index (χ2v) is 4.25. The van der Waals surface area contributed by atoms with Gasteiger partial charge in [-0.05, 0) is 38.1 Å². The van der Waals surface area contributed by atoms with Gasteiger partial charge in [-0.25, -0.2) is 0 Å². The fourth-order valence-corrected chi connectivity index (χ4v) is 2.22. The van der Waals surface area contributed by atoms with E-state index in [1.807, 2.05) is 6.07 Å². The lowest BCUT2D eigenvalue weighted by atomic mass is 10.1. The Morgan fingerprint density at radius 3 is 3.00 bits per heavy atom. The van der Waals surface area contributed by atoms with E-state index in [1.165, 1.54) is 11.3 Å². The lowest BCUT2D eigenvalue weighted by Crippen LogP contribution is -2.25. The summed E-state index contributed by atoms with van der Waals surface area (Å²) in [7, 11) is 1.76. The van der Waals surface area contributed by atoms with E-state index in [0.717, 1.165) is 25.2 Å². The number of hydrogen-bond donors (Lipinski definition) is 2. The molecule has 0 bridgehead atoms. The molecule has 0 aliphatic carbocycles. The summed E-state index contributed by atoms with van der Waals surface area (Å²) in [6.07, 6.45) is 1.11. The molecule has 0 unspecified atom stereocenters. The van der Waals surface area contributed by atoms with Crippen LogP contribution in [0, 0.1) is 0 Å². The maximum Gasteiger partial charge on any atom is 0.238 e. The van der Waals surface area contributed by atoms with Crippen LogP contribution in [0.1, 0.15) is 12.5 Å². The van der Waals surface area contributed by atoms with Gasteiger partial charge in [0.1, 0.15) is 0 Å². The molecular formula is C13H19N3O. The van der Waals surface area contributed by atoms with Gasteiger partial charge in [0.15, 0.2) is 0 Å². The van der Waals surface area contributed by atoms with Gasteiger partial charge in [0.25, 0.3) is 0 Å². The van der Waals surface area contributed by atoms with Gasteiger partial charge < -0.3 is 15.5 Å². The van der Waals surface area contributed by atoms with E-state index in [9.17, 15) is 4.79 Å². The van der Waals surface area contributed by atoms with Gasteiger partial charge in [-0.3, -0.25) is 4.79 Å². The third kappa shape index (κ3) is 2.58. The molecule has 0 spiro atoms. The minimum atomic E-state index is -0.00602. The van der Waals surface area contributed by atoms with E-state index >= 15 is 0 Å². The Kier molecular flexibility index (Phi) is 3.64. The van der Waals surface area contributed by atoms with Crippen LogP contribution in [0.15, 0.2) is 18.2 Å². The molecule has 0 saturated carbocycles. The zero-order valence-corrected chi connectivity index (χ0v) is 10.4. The molecule has 0 saturated heterocycles. The average molecular weight is 233 g/mol. The number of benzene rings is 1. The number of rotatable bonds is 4. The van der Waals surface area contributed by atoms with E-state index in [-0.39, 0.29) is 5.91 Å². The van der Waals surface area contributed by atoms with Crippen molar-refractivity contribution in [3.63, 3.8) is 0 Å². The third-order valence-electron chi connectivity index (χ3n) is 3.08. The first-order valence-corrected chi connectivity index (χ1v) is 6.07. The summed E-state index contributed by atoms with van der Waals surface area (Å²) in [6.45, 7) is 4.59. The van der Waals surface area contributed by atoms with Gasteiger partial charge in [-0.2, -0.15) is 0 Å². The molecule has 1 aliphatic heterocycles. The standard InChI is InChI=1S/C13H19N3O/c1-3-16-7-6-10-4-5-11(8-12(10)16)15-13(17)9-14-2/h4-5,8,14H,3,6-7,9H2,1-2H3,(H,15,17). The van der Waals surface area contributed by atoms with Crippen LogP contribution in [-0.4, -0.2) is 32.6 Å². The van der Waals surface area contributed by atoms with Crippen molar-refractivity contribution < 1.29 is 4.79 Å². The van der Waals surface area contributed by atoms with Gasteiger partial charge in [-0.1, -0.05) is 6.07 Å². The summed E-state index contributed by atoms with van der Waals surface area (Å²) in [5, 5.41) is 5.73. The minimum Gasteiger partial charge on any atom is -0.371 e. The van der Waals surface area contributed by atoms with E-state index in [1.54, 1.807) is 7.05 Å². The van der Waals surface area contributed by atoms with Crippen molar-refractivity contribution in [3.8, 4) is 0 Å². The smallest absolute Gasteiger partial charge is 0.238 e. The van der Waals surface area contributed by atoms with Crippen molar-refractivity contribution in [2.75, 3.05) is 36.9 Å². The molecule has 2 rings (SSSR count). The Balaban J connectivity index is 2.13. The molecule has 0 aromatic heterocycles. The molecule has 0 radical (unpaired) electrons. The van der Waals surface area contributed by atoms with Crippen LogP contribution < -0.4 is 15.5 Å². The fourth-order valence-electron chi connectivity index (χ4n) is 2.22. The molecular weight excluding hydrogens is 214 g/mol. The van der Waals surface area contributed by atoms with Crippen molar-refractivity contribution in [1.82, 2.24) is 5.32 Å². The zero-order valence-electron chi connectivity index (χ0n) is 10.4. The van der Waals surface area contributed by atoms with Crippen LogP contribution in [0.25, 0.3) is 0 Å². The lowest BCUT2D eigenvalue weighted by molar-refractivity contribution is -0.115. The second kappa shape index (κ2) is 5.19. The first-order chi connectivity index (χ1) is 8.24. The first kappa shape index (κ1) is 11.9. The predicted octanol–water partition coefficient (Wildman–Crippen LogP) is 1.23. The second-order valence-electron chi connectivity index (χ2n) is 4.25. The third-order valence-corrected chi connectivity index (χ3v) is 3.08. The predicted molar refractivity (Wildman–Crippen MR) is 70.6 cm³/mol. The van der Waals surface area contributed by atoms with E-state index < -0.39 is 0 Å². The molecule has 0 atom stereocenters. The Labute approximate surface area is 102 Å². The number of nitrogens with one attached hydrogen (secondary N) is 2. The number of nitrogens with zero attached hydrogens (tertiary/aromatic N) is 1. The molecule has 1 aromatic rings. The van der Waals surface area contributed by atoms with Gasteiger partial charge in [0, 0.05) is 24.5 Å². The Bertz CT molecular complexity index is 417. The normalized spacial score (nSPS) is 13.6. The van der Waals surface area contributed by atoms with Crippen LogP contribution in [-0.2, 0) is 11.2 Å².